The van der Waals surface area contributed by atoms with Gasteiger partial charge < -0.3 is 4.57 Å². The highest BCUT2D eigenvalue weighted by Crippen LogP contribution is 2.13. The number of imidazole rings is 1. The smallest absolute Gasteiger partial charge is 0.271 e. The van der Waals surface area contributed by atoms with Crippen molar-refractivity contribution >= 4 is 21.6 Å². The molecule has 0 aliphatic heterocycles. The Balaban J connectivity index is 2.05. The maximum atomic E-state index is 12.2. The standard InChI is InChI=1S/C12H12N4OS/c1-2-15-7-13-5-9(15)6-16-8-14-10-3-4-18-11(10)12(16)17/h3-5,7-8H,2,6H2,1H3. The van der Waals surface area contributed by atoms with Gasteiger partial charge in [0.05, 0.1) is 30.4 Å². The third kappa shape index (κ3) is 1.74. The van der Waals surface area contributed by atoms with Gasteiger partial charge in [-0.1, -0.05) is 0 Å². The molecule has 0 spiro atoms. The van der Waals surface area contributed by atoms with Gasteiger partial charge in [0, 0.05) is 12.7 Å². The van der Waals surface area contributed by atoms with Gasteiger partial charge in [-0.15, -0.1) is 11.3 Å². The minimum Gasteiger partial charge on any atom is -0.333 e. The molecule has 3 heterocycles. The van der Waals surface area contributed by atoms with Crippen molar-refractivity contribution in [3.8, 4) is 0 Å². The number of nitrogens with zero attached hydrogens (tertiary/aromatic N) is 4. The Hall–Kier alpha value is -1.95. The molecule has 0 aromatic carbocycles. The van der Waals surface area contributed by atoms with Crippen LogP contribution in [-0.4, -0.2) is 19.1 Å². The maximum Gasteiger partial charge on any atom is 0.271 e. The molecular formula is C12H12N4OS. The molecule has 0 aliphatic rings. The van der Waals surface area contributed by atoms with Crippen molar-refractivity contribution in [3.63, 3.8) is 0 Å². The lowest BCUT2D eigenvalue weighted by Gasteiger charge is -2.07. The summed E-state index contributed by atoms with van der Waals surface area (Å²) in [4.78, 5) is 20.6. The van der Waals surface area contributed by atoms with Gasteiger partial charge in [-0.3, -0.25) is 9.36 Å². The van der Waals surface area contributed by atoms with Crippen LogP contribution in [0.4, 0.5) is 0 Å². The van der Waals surface area contributed by atoms with E-state index in [4.69, 9.17) is 0 Å². The molecule has 0 saturated heterocycles. The van der Waals surface area contributed by atoms with E-state index in [1.54, 1.807) is 23.4 Å². The van der Waals surface area contributed by atoms with E-state index in [1.165, 1.54) is 11.3 Å². The van der Waals surface area contributed by atoms with Crippen molar-refractivity contribution in [1.29, 1.82) is 0 Å². The van der Waals surface area contributed by atoms with Crippen molar-refractivity contribution in [2.24, 2.45) is 0 Å². The molecule has 0 fully saturated rings. The number of aromatic nitrogens is 4. The molecule has 0 amide bonds. The van der Waals surface area contributed by atoms with Gasteiger partial charge in [0.15, 0.2) is 0 Å². The van der Waals surface area contributed by atoms with Crippen LogP contribution >= 0.6 is 11.3 Å². The third-order valence-electron chi connectivity index (χ3n) is 2.91. The molecule has 0 unspecified atom stereocenters. The summed E-state index contributed by atoms with van der Waals surface area (Å²) in [5, 5.41) is 1.89. The highest BCUT2D eigenvalue weighted by Gasteiger charge is 2.07. The van der Waals surface area contributed by atoms with Crippen LogP contribution in [0.25, 0.3) is 10.2 Å². The van der Waals surface area contributed by atoms with E-state index in [9.17, 15) is 4.79 Å². The molecule has 0 saturated carbocycles. The van der Waals surface area contributed by atoms with Crippen LogP contribution in [-0.2, 0) is 13.1 Å². The summed E-state index contributed by atoms with van der Waals surface area (Å²) in [5.41, 5.74) is 1.79. The Morgan fingerprint density at radius 1 is 1.33 bits per heavy atom. The molecule has 6 heteroatoms. The van der Waals surface area contributed by atoms with E-state index in [0.29, 0.717) is 11.2 Å². The summed E-state index contributed by atoms with van der Waals surface area (Å²) >= 11 is 1.43. The van der Waals surface area contributed by atoms with Gasteiger partial charge in [-0.25, -0.2) is 9.97 Å². The van der Waals surface area contributed by atoms with E-state index in [-0.39, 0.29) is 5.56 Å². The fraction of sp³-hybridized carbons (Fsp3) is 0.250. The number of hydrogen-bond acceptors (Lipinski definition) is 4. The molecule has 3 rings (SSSR count). The van der Waals surface area contributed by atoms with E-state index in [1.807, 2.05) is 16.0 Å². The predicted octanol–water partition coefficient (Wildman–Crippen LogP) is 1.72. The topological polar surface area (TPSA) is 52.7 Å². The maximum absolute atomic E-state index is 12.2. The van der Waals surface area contributed by atoms with Gasteiger partial charge in [0.25, 0.3) is 5.56 Å². The number of fused-ring (bicyclic) bond motifs is 1. The monoisotopic (exact) mass is 260 g/mol. The normalized spacial score (nSPS) is 11.2. The number of aryl methyl sites for hydroxylation is 1. The van der Waals surface area contributed by atoms with Crippen molar-refractivity contribution in [2.45, 2.75) is 20.0 Å². The average molecular weight is 260 g/mol. The first-order valence-electron chi connectivity index (χ1n) is 5.71. The molecule has 92 valence electrons. The zero-order chi connectivity index (χ0) is 12.5. The first-order valence-corrected chi connectivity index (χ1v) is 6.59. The molecule has 0 bridgehead atoms. The summed E-state index contributed by atoms with van der Waals surface area (Å²) in [5.74, 6) is 0. The van der Waals surface area contributed by atoms with Crippen LogP contribution in [0.5, 0.6) is 0 Å². The lowest BCUT2D eigenvalue weighted by molar-refractivity contribution is 0.653. The SMILES string of the molecule is CCn1cncc1Cn1cnc2ccsc2c1=O. The summed E-state index contributed by atoms with van der Waals surface area (Å²) in [6.45, 7) is 3.40. The summed E-state index contributed by atoms with van der Waals surface area (Å²) in [6, 6.07) is 1.86. The van der Waals surface area contributed by atoms with Crippen LogP contribution in [0.1, 0.15) is 12.6 Å². The van der Waals surface area contributed by atoms with Gasteiger partial charge in [0.2, 0.25) is 0 Å². The predicted molar refractivity (Wildman–Crippen MR) is 70.9 cm³/mol. The Kier molecular flexibility index (Phi) is 2.71. The van der Waals surface area contributed by atoms with Gasteiger partial charge in [-0.2, -0.15) is 0 Å². The minimum absolute atomic E-state index is 0.0128. The molecule has 0 radical (unpaired) electrons. The van der Waals surface area contributed by atoms with E-state index >= 15 is 0 Å². The fourth-order valence-corrected chi connectivity index (χ4v) is 2.72. The highest BCUT2D eigenvalue weighted by molar-refractivity contribution is 7.17. The Morgan fingerprint density at radius 2 is 2.22 bits per heavy atom. The molecular weight excluding hydrogens is 248 g/mol. The Morgan fingerprint density at radius 3 is 3.06 bits per heavy atom. The molecule has 0 N–H and O–H groups in total. The van der Waals surface area contributed by atoms with Gasteiger partial charge in [-0.05, 0) is 18.4 Å². The quantitative estimate of drug-likeness (QED) is 0.720. The molecule has 0 aliphatic carbocycles. The largest absolute Gasteiger partial charge is 0.333 e. The zero-order valence-corrected chi connectivity index (χ0v) is 10.7. The first-order chi connectivity index (χ1) is 8.79. The molecule has 3 aromatic heterocycles. The van der Waals surface area contributed by atoms with Gasteiger partial charge >= 0.3 is 0 Å². The van der Waals surface area contributed by atoms with Crippen molar-refractivity contribution in [2.75, 3.05) is 0 Å². The van der Waals surface area contributed by atoms with E-state index < -0.39 is 0 Å². The third-order valence-corrected chi connectivity index (χ3v) is 3.80. The second kappa shape index (κ2) is 4.38. The second-order valence-corrected chi connectivity index (χ2v) is 4.90. The van der Waals surface area contributed by atoms with Crippen LogP contribution in [0.3, 0.4) is 0 Å². The van der Waals surface area contributed by atoms with Crippen LogP contribution in [0, 0.1) is 0 Å². The van der Waals surface area contributed by atoms with E-state index in [2.05, 4.69) is 16.9 Å². The number of rotatable bonds is 3. The van der Waals surface area contributed by atoms with E-state index in [0.717, 1.165) is 17.8 Å². The van der Waals surface area contributed by atoms with Crippen LogP contribution in [0.15, 0.2) is 35.1 Å². The summed E-state index contributed by atoms with van der Waals surface area (Å²) < 4.78 is 4.35. The van der Waals surface area contributed by atoms with Crippen LogP contribution < -0.4 is 5.56 Å². The summed E-state index contributed by atoms with van der Waals surface area (Å²) in [7, 11) is 0. The Labute approximate surface area is 107 Å². The molecule has 18 heavy (non-hydrogen) atoms. The van der Waals surface area contributed by atoms with Crippen LogP contribution in [0.2, 0.25) is 0 Å². The summed E-state index contributed by atoms with van der Waals surface area (Å²) in [6.07, 6.45) is 5.16. The van der Waals surface area contributed by atoms with Crippen molar-refractivity contribution in [3.05, 3.63) is 46.3 Å². The van der Waals surface area contributed by atoms with Crippen molar-refractivity contribution in [1.82, 2.24) is 19.1 Å². The minimum atomic E-state index is 0.0128. The lowest BCUT2D eigenvalue weighted by Crippen LogP contribution is -2.21. The second-order valence-electron chi connectivity index (χ2n) is 3.98. The Bertz CT molecular complexity index is 740. The number of hydrogen-bond donors (Lipinski definition) is 0. The highest BCUT2D eigenvalue weighted by atomic mass is 32.1. The average Bonchev–Trinajstić information content (AvgIpc) is 3.01. The first kappa shape index (κ1) is 11.2. The van der Waals surface area contributed by atoms with Crippen molar-refractivity contribution < 1.29 is 0 Å². The lowest BCUT2D eigenvalue weighted by atomic mass is 10.4. The molecule has 3 aromatic rings. The molecule has 0 atom stereocenters. The fourth-order valence-electron chi connectivity index (χ4n) is 1.93. The number of thiophene rings is 1. The molecule has 5 nitrogen and oxygen atoms in total. The van der Waals surface area contributed by atoms with Gasteiger partial charge in [0.1, 0.15) is 4.70 Å². The zero-order valence-electron chi connectivity index (χ0n) is 9.91.